The van der Waals surface area contributed by atoms with Gasteiger partial charge in [-0.3, -0.25) is 18.9 Å². The minimum absolute atomic E-state index is 0.0274. The van der Waals surface area contributed by atoms with Crippen molar-refractivity contribution in [2.75, 3.05) is 19.7 Å². The minimum Gasteiger partial charge on any atom is -0.465 e. The Bertz CT molecular complexity index is 819. The number of rotatable bonds is 2. The van der Waals surface area contributed by atoms with E-state index in [4.69, 9.17) is 16.3 Å². The van der Waals surface area contributed by atoms with Crippen LogP contribution in [0, 0.1) is 11.8 Å². The van der Waals surface area contributed by atoms with Crippen LogP contribution in [0.4, 0.5) is 0 Å². The molecule has 0 radical (unpaired) electrons. The lowest BCUT2D eigenvalue weighted by Gasteiger charge is -2.16. The van der Waals surface area contributed by atoms with Gasteiger partial charge in [0.25, 0.3) is 5.56 Å². The Morgan fingerprint density at radius 3 is 3.00 bits per heavy atom. The maximum Gasteiger partial charge on any atom is 0.310 e. The molecule has 2 aliphatic heterocycles. The third-order valence-corrected chi connectivity index (χ3v) is 4.54. The summed E-state index contributed by atoms with van der Waals surface area (Å²) in [6.45, 7) is 2.55. The highest BCUT2D eigenvalue weighted by Crippen LogP contribution is 2.30. The summed E-state index contributed by atoms with van der Waals surface area (Å²) in [5.74, 6) is 0.141. The number of nitrogens with zero attached hydrogens (tertiary/aromatic N) is 3. The Labute approximate surface area is 131 Å². The highest BCUT2D eigenvalue weighted by molar-refractivity contribution is 6.30. The number of carbonyl (C=O) groups is 1. The second kappa shape index (κ2) is 5.07. The molecule has 2 aromatic rings. The highest BCUT2D eigenvalue weighted by atomic mass is 35.5. The lowest BCUT2D eigenvalue weighted by molar-refractivity contribution is -0.141. The zero-order valence-electron chi connectivity index (χ0n) is 11.7. The van der Waals surface area contributed by atoms with Crippen molar-refractivity contribution in [1.82, 2.24) is 14.3 Å². The second-order valence-corrected chi connectivity index (χ2v) is 6.29. The number of fused-ring (bicyclic) bond motifs is 2. The molecular weight excluding hydrogens is 306 g/mol. The zero-order chi connectivity index (χ0) is 15.3. The van der Waals surface area contributed by atoms with Crippen LogP contribution in [-0.2, 0) is 16.1 Å². The second-order valence-electron chi connectivity index (χ2n) is 5.85. The van der Waals surface area contributed by atoms with Crippen LogP contribution in [0.3, 0.4) is 0 Å². The molecule has 0 aliphatic carbocycles. The Morgan fingerprint density at radius 1 is 1.32 bits per heavy atom. The summed E-state index contributed by atoms with van der Waals surface area (Å²) >= 11 is 5.90. The van der Waals surface area contributed by atoms with Gasteiger partial charge in [0.05, 0.1) is 23.2 Å². The predicted octanol–water partition coefficient (Wildman–Crippen LogP) is 0.953. The number of cyclic esters (lactones) is 1. The molecule has 0 amide bonds. The van der Waals surface area contributed by atoms with Gasteiger partial charge in [0.2, 0.25) is 0 Å². The van der Waals surface area contributed by atoms with Crippen molar-refractivity contribution >= 4 is 23.2 Å². The molecule has 6 nitrogen and oxygen atoms in total. The van der Waals surface area contributed by atoms with Crippen molar-refractivity contribution in [2.45, 2.75) is 6.54 Å². The van der Waals surface area contributed by atoms with Crippen molar-refractivity contribution in [3.8, 4) is 0 Å². The largest absolute Gasteiger partial charge is 0.465 e. The Kier molecular flexibility index (Phi) is 3.16. The van der Waals surface area contributed by atoms with Crippen LogP contribution < -0.4 is 5.56 Å². The van der Waals surface area contributed by atoms with Crippen molar-refractivity contribution in [1.29, 1.82) is 0 Å². The monoisotopic (exact) mass is 319 g/mol. The summed E-state index contributed by atoms with van der Waals surface area (Å²) in [6, 6.07) is 4.96. The van der Waals surface area contributed by atoms with Gasteiger partial charge in [-0.1, -0.05) is 11.6 Å². The number of carbonyl (C=O) groups excluding carboxylic acids is 1. The van der Waals surface area contributed by atoms with Gasteiger partial charge in [-0.25, -0.2) is 4.98 Å². The van der Waals surface area contributed by atoms with E-state index in [1.807, 2.05) is 0 Å². The molecule has 2 saturated heterocycles. The van der Waals surface area contributed by atoms with E-state index in [-0.39, 0.29) is 23.4 Å². The number of hydrogen-bond donors (Lipinski definition) is 0. The van der Waals surface area contributed by atoms with Crippen LogP contribution in [0.2, 0.25) is 5.02 Å². The Balaban J connectivity index is 1.59. The van der Waals surface area contributed by atoms with Gasteiger partial charge in [0.15, 0.2) is 0 Å². The van der Waals surface area contributed by atoms with Gasteiger partial charge in [-0.05, 0) is 12.1 Å². The first-order valence-electron chi connectivity index (χ1n) is 7.17. The molecule has 0 N–H and O–H groups in total. The number of likely N-dealkylation sites (tertiary alicyclic amines) is 1. The SMILES string of the molecule is O=C1OC[C@H]2CN(Cc3cc(=O)n4cc(Cl)ccc4n3)C[C@@H]12. The number of hydrogen-bond acceptors (Lipinski definition) is 5. The van der Waals surface area contributed by atoms with Crippen LogP contribution in [0.15, 0.2) is 29.2 Å². The molecule has 2 aliphatic rings. The standard InChI is InChI=1S/C15H14ClN3O3/c16-10-1-2-13-17-11(3-14(20)19(13)5-10)6-18-4-9-8-22-15(21)12(9)7-18/h1-3,5,9,12H,4,6-8H2/t9-,12-/m1/s1. The molecule has 0 saturated carbocycles. The maximum atomic E-state index is 12.1. The molecule has 114 valence electrons. The van der Waals surface area contributed by atoms with Crippen molar-refractivity contribution in [3.05, 3.63) is 45.5 Å². The number of ether oxygens (including phenoxy) is 1. The molecule has 0 aromatic carbocycles. The molecule has 4 rings (SSSR count). The van der Waals surface area contributed by atoms with Crippen molar-refractivity contribution in [3.63, 3.8) is 0 Å². The van der Waals surface area contributed by atoms with Gasteiger partial charge in [-0.2, -0.15) is 0 Å². The van der Waals surface area contributed by atoms with E-state index in [9.17, 15) is 9.59 Å². The summed E-state index contributed by atoms with van der Waals surface area (Å²) in [5.41, 5.74) is 1.13. The molecule has 2 atom stereocenters. The molecular formula is C15H14ClN3O3. The first-order chi connectivity index (χ1) is 10.6. The number of esters is 1. The third kappa shape index (κ3) is 2.28. The first-order valence-corrected chi connectivity index (χ1v) is 7.55. The van der Waals surface area contributed by atoms with Crippen molar-refractivity contribution in [2.24, 2.45) is 11.8 Å². The molecule has 0 unspecified atom stereocenters. The van der Waals surface area contributed by atoms with E-state index in [0.717, 1.165) is 6.54 Å². The molecule has 0 bridgehead atoms. The normalized spacial score (nSPS) is 24.7. The maximum absolute atomic E-state index is 12.1. The minimum atomic E-state index is -0.152. The van der Waals surface area contributed by atoms with Crippen LogP contribution in [-0.4, -0.2) is 40.0 Å². The summed E-state index contributed by atoms with van der Waals surface area (Å²) in [4.78, 5) is 30.4. The average Bonchev–Trinajstić information content (AvgIpc) is 3.02. The molecule has 4 heterocycles. The van der Waals surface area contributed by atoms with Crippen LogP contribution >= 0.6 is 11.6 Å². The van der Waals surface area contributed by atoms with Gasteiger partial charge in [-0.15, -0.1) is 0 Å². The lowest BCUT2D eigenvalue weighted by Crippen LogP contribution is -2.25. The summed E-state index contributed by atoms with van der Waals surface area (Å²) in [7, 11) is 0. The quantitative estimate of drug-likeness (QED) is 0.771. The number of halogens is 1. The van der Waals surface area contributed by atoms with E-state index in [2.05, 4.69) is 9.88 Å². The van der Waals surface area contributed by atoms with E-state index >= 15 is 0 Å². The number of aromatic nitrogens is 2. The van der Waals surface area contributed by atoms with Gasteiger partial charge < -0.3 is 4.74 Å². The topological polar surface area (TPSA) is 63.9 Å². The molecule has 7 heteroatoms. The van der Waals surface area contributed by atoms with E-state index < -0.39 is 0 Å². The fourth-order valence-electron chi connectivity index (χ4n) is 3.26. The Morgan fingerprint density at radius 2 is 2.18 bits per heavy atom. The van der Waals surface area contributed by atoms with Gasteiger partial charge >= 0.3 is 5.97 Å². The first kappa shape index (κ1) is 13.7. The Hall–Kier alpha value is -1.92. The highest BCUT2D eigenvalue weighted by Gasteiger charge is 2.43. The van der Waals surface area contributed by atoms with E-state index in [1.165, 1.54) is 10.5 Å². The van der Waals surface area contributed by atoms with Gasteiger partial charge in [0, 0.05) is 37.8 Å². The average molecular weight is 320 g/mol. The fraction of sp³-hybridized carbons (Fsp3) is 0.400. The predicted molar refractivity (Wildman–Crippen MR) is 79.7 cm³/mol. The summed E-state index contributed by atoms with van der Waals surface area (Å²) in [6.07, 6.45) is 1.56. The molecule has 0 spiro atoms. The number of pyridine rings is 1. The van der Waals surface area contributed by atoms with Crippen LogP contribution in [0.5, 0.6) is 0 Å². The zero-order valence-corrected chi connectivity index (χ0v) is 12.5. The van der Waals surface area contributed by atoms with Crippen LogP contribution in [0.1, 0.15) is 5.69 Å². The smallest absolute Gasteiger partial charge is 0.310 e. The summed E-state index contributed by atoms with van der Waals surface area (Å²) in [5, 5.41) is 0.495. The van der Waals surface area contributed by atoms with E-state index in [0.29, 0.717) is 36.1 Å². The van der Waals surface area contributed by atoms with Crippen molar-refractivity contribution < 1.29 is 9.53 Å². The molecule has 22 heavy (non-hydrogen) atoms. The van der Waals surface area contributed by atoms with Gasteiger partial charge in [0.1, 0.15) is 5.65 Å². The summed E-state index contributed by atoms with van der Waals surface area (Å²) < 4.78 is 6.49. The third-order valence-electron chi connectivity index (χ3n) is 4.32. The van der Waals surface area contributed by atoms with E-state index in [1.54, 1.807) is 18.3 Å². The molecule has 2 fully saturated rings. The molecule has 2 aromatic heterocycles. The lowest BCUT2D eigenvalue weighted by atomic mass is 10.0. The van der Waals surface area contributed by atoms with Crippen LogP contribution in [0.25, 0.3) is 5.65 Å². The fourth-order valence-corrected chi connectivity index (χ4v) is 3.42.